The van der Waals surface area contributed by atoms with Gasteiger partial charge in [0.1, 0.15) is 0 Å². The van der Waals surface area contributed by atoms with Crippen molar-refractivity contribution in [3.05, 3.63) is 29.3 Å². The summed E-state index contributed by atoms with van der Waals surface area (Å²) >= 11 is 0. The highest BCUT2D eigenvalue weighted by molar-refractivity contribution is 7.88. The summed E-state index contributed by atoms with van der Waals surface area (Å²) in [5.74, 6) is 0. The van der Waals surface area contributed by atoms with Crippen LogP contribution in [0.25, 0.3) is 0 Å². The van der Waals surface area contributed by atoms with Gasteiger partial charge in [0, 0.05) is 45.0 Å². The van der Waals surface area contributed by atoms with E-state index >= 15 is 0 Å². The zero-order chi connectivity index (χ0) is 14.2. The largest absolute Gasteiger partial charge is 0.369 e. The van der Waals surface area contributed by atoms with Crippen molar-refractivity contribution < 1.29 is 8.42 Å². The first-order chi connectivity index (χ1) is 9.55. The number of nitrogens with zero attached hydrogens (tertiary/aromatic N) is 2. The summed E-state index contributed by atoms with van der Waals surface area (Å²) in [6.45, 7) is 5.17. The maximum Gasteiger partial charge on any atom is 0.211 e. The molecular weight excluding hydrogens is 274 g/mol. The van der Waals surface area contributed by atoms with Crippen LogP contribution in [-0.2, 0) is 23.0 Å². The van der Waals surface area contributed by atoms with Crippen LogP contribution in [-0.4, -0.2) is 51.7 Å². The van der Waals surface area contributed by atoms with Crippen molar-refractivity contribution in [2.75, 3.05) is 43.9 Å². The van der Waals surface area contributed by atoms with Crippen molar-refractivity contribution in [2.24, 2.45) is 0 Å². The number of hydrogen-bond acceptors (Lipinski definition) is 4. The van der Waals surface area contributed by atoms with Crippen molar-refractivity contribution in [1.82, 2.24) is 9.62 Å². The number of piperazine rings is 1. The Morgan fingerprint density at radius 2 is 1.90 bits per heavy atom. The number of hydrogen-bond donors (Lipinski definition) is 1. The minimum Gasteiger partial charge on any atom is -0.369 e. The van der Waals surface area contributed by atoms with Gasteiger partial charge in [0.15, 0.2) is 0 Å². The molecule has 0 aromatic heterocycles. The smallest absolute Gasteiger partial charge is 0.211 e. The normalized spacial score (nSPS) is 20.8. The Balaban J connectivity index is 1.90. The van der Waals surface area contributed by atoms with Crippen molar-refractivity contribution in [2.45, 2.75) is 13.0 Å². The maximum absolute atomic E-state index is 11.7. The van der Waals surface area contributed by atoms with Gasteiger partial charge < -0.3 is 10.2 Å². The van der Waals surface area contributed by atoms with Crippen LogP contribution in [0.5, 0.6) is 0 Å². The summed E-state index contributed by atoms with van der Waals surface area (Å²) in [6, 6.07) is 6.26. The lowest BCUT2D eigenvalue weighted by Gasteiger charge is -2.34. The Morgan fingerprint density at radius 1 is 1.15 bits per heavy atom. The topological polar surface area (TPSA) is 52.7 Å². The molecule has 1 aromatic carbocycles. The summed E-state index contributed by atoms with van der Waals surface area (Å²) in [4.78, 5) is 2.41. The van der Waals surface area contributed by atoms with Gasteiger partial charge in [-0.1, -0.05) is 12.1 Å². The molecule has 3 rings (SSSR count). The second-order valence-corrected chi connectivity index (χ2v) is 7.48. The predicted molar refractivity (Wildman–Crippen MR) is 80.5 cm³/mol. The summed E-state index contributed by atoms with van der Waals surface area (Å²) in [5.41, 5.74) is 3.77. The van der Waals surface area contributed by atoms with Gasteiger partial charge in [0.05, 0.1) is 6.26 Å². The van der Waals surface area contributed by atoms with Crippen LogP contribution in [0.3, 0.4) is 0 Å². The zero-order valence-electron chi connectivity index (χ0n) is 11.8. The van der Waals surface area contributed by atoms with Crippen LogP contribution < -0.4 is 10.2 Å². The Morgan fingerprint density at radius 3 is 2.60 bits per heavy atom. The molecule has 0 radical (unpaired) electrons. The van der Waals surface area contributed by atoms with E-state index in [-0.39, 0.29) is 0 Å². The quantitative estimate of drug-likeness (QED) is 0.859. The highest BCUT2D eigenvalue weighted by Crippen LogP contribution is 2.29. The molecule has 0 amide bonds. The molecule has 2 aliphatic heterocycles. The van der Waals surface area contributed by atoms with Crippen LogP contribution in [0.1, 0.15) is 11.1 Å². The molecule has 1 aromatic rings. The maximum atomic E-state index is 11.7. The summed E-state index contributed by atoms with van der Waals surface area (Å²) in [6.07, 6.45) is 2.10. The van der Waals surface area contributed by atoms with E-state index in [0.717, 1.165) is 38.2 Å². The van der Waals surface area contributed by atoms with E-state index in [2.05, 4.69) is 22.3 Å². The fourth-order valence-corrected chi connectivity index (χ4v) is 3.85. The summed E-state index contributed by atoms with van der Waals surface area (Å²) in [5, 5.41) is 3.36. The molecule has 0 unspecified atom stereocenters. The zero-order valence-corrected chi connectivity index (χ0v) is 12.6. The van der Waals surface area contributed by atoms with Gasteiger partial charge in [0.2, 0.25) is 10.0 Å². The second-order valence-electron chi connectivity index (χ2n) is 5.50. The highest BCUT2D eigenvalue weighted by atomic mass is 32.2. The molecule has 0 aliphatic carbocycles. The molecule has 20 heavy (non-hydrogen) atoms. The summed E-state index contributed by atoms with van der Waals surface area (Å²) < 4.78 is 24.9. The van der Waals surface area contributed by atoms with E-state index in [1.807, 2.05) is 6.07 Å². The lowest BCUT2D eigenvalue weighted by molar-refractivity contribution is 0.394. The Bertz CT molecular complexity index is 594. The van der Waals surface area contributed by atoms with Crippen molar-refractivity contribution in [3.8, 4) is 0 Å². The molecule has 1 N–H and O–H groups in total. The van der Waals surface area contributed by atoms with E-state index < -0.39 is 10.0 Å². The molecule has 1 fully saturated rings. The molecule has 5 nitrogen and oxygen atoms in total. The molecule has 2 heterocycles. The number of sulfonamides is 1. The fourth-order valence-electron chi connectivity index (χ4n) is 3.05. The monoisotopic (exact) mass is 295 g/mol. The molecular formula is C14H21N3O2S. The van der Waals surface area contributed by atoms with Crippen molar-refractivity contribution in [1.29, 1.82) is 0 Å². The lowest BCUT2D eigenvalue weighted by Crippen LogP contribution is -2.44. The molecule has 1 saturated heterocycles. The Kier molecular flexibility index (Phi) is 3.70. The second kappa shape index (κ2) is 5.35. The van der Waals surface area contributed by atoms with Crippen molar-refractivity contribution >= 4 is 15.7 Å². The van der Waals surface area contributed by atoms with Crippen LogP contribution in [0.15, 0.2) is 18.2 Å². The number of nitrogens with one attached hydrogen (secondary N) is 1. The van der Waals surface area contributed by atoms with E-state index in [4.69, 9.17) is 0 Å². The van der Waals surface area contributed by atoms with Gasteiger partial charge in [0.25, 0.3) is 0 Å². The predicted octanol–water partition coefficient (Wildman–Crippen LogP) is 0.414. The molecule has 2 aliphatic rings. The van der Waals surface area contributed by atoms with Gasteiger partial charge in [-0.3, -0.25) is 0 Å². The first kappa shape index (κ1) is 13.9. The number of benzene rings is 1. The molecule has 6 heteroatoms. The molecule has 0 bridgehead atoms. The number of fused-ring (bicyclic) bond motifs is 1. The van der Waals surface area contributed by atoms with E-state index in [1.54, 1.807) is 4.31 Å². The number of rotatable bonds is 2. The molecule has 0 saturated carbocycles. The van der Waals surface area contributed by atoms with E-state index in [9.17, 15) is 8.42 Å². The van der Waals surface area contributed by atoms with Gasteiger partial charge in [-0.25, -0.2) is 8.42 Å². The van der Waals surface area contributed by atoms with Crippen LogP contribution >= 0.6 is 0 Å². The minimum absolute atomic E-state index is 0.508. The fraction of sp³-hybridized carbons (Fsp3) is 0.571. The highest BCUT2D eigenvalue weighted by Gasteiger charge is 2.26. The van der Waals surface area contributed by atoms with Crippen LogP contribution in [0.4, 0.5) is 5.69 Å². The average molecular weight is 295 g/mol. The van der Waals surface area contributed by atoms with Crippen LogP contribution in [0, 0.1) is 0 Å². The number of anilines is 1. The first-order valence-electron chi connectivity index (χ1n) is 7.07. The Hall–Kier alpha value is -1.11. The Labute approximate surface area is 120 Å². The van der Waals surface area contributed by atoms with Crippen LogP contribution in [0.2, 0.25) is 0 Å². The standard InChI is InChI=1S/C14H21N3O2S/c1-20(18,19)17-8-5-13-12(11-17)3-2-4-14(13)16-9-6-15-7-10-16/h2-4,15H,5-11H2,1H3. The minimum atomic E-state index is -3.10. The first-order valence-corrected chi connectivity index (χ1v) is 8.92. The molecule has 0 spiro atoms. The molecule has 110 valence electrons. The average Bonchev–Trinajstić information content (AvgIpc) is 2.46. The van der Waals surface area contributed by atoms with E-state index in [0.29, 0.717) is 13.1 Å². The summed E-state index contributed by atoms with van der Waals surface area (Å²) in [7, 11) is -3.10. The van der Waals surface area contributed by atoms with Gasteiger partial charge in [-0.05, 0) is 23.6 Å². The third kappa shape index (κ3) is 2.68. The van der Waals surface area contributed by atoms with Crippen molar-refractivity contribution in [3.63, 3.8) is 0 Å². The van der Waals surface area contributed by atoms with Gasteiger partial charge >= 0.3 is 0 Å². The molecule has 0 atom stereocenters. The third-order valence-corrected chi connectivity index (χ3v) is 5.38. The van der Waals surface area contributed by atoms with E-state index in [1.165, 1.54) is 17.5 Å². The van der Waals surface area contributed by atoms with Gasteiger partial charge in [-0.15, -0.1) is 0 Å². The third-order valence-electron chi connectivity index (χ3n) is 4.13. The van der Waals surface area contributed by atoms with Gasteiger partial charge in [-0.2, -0.15) is 4.31 Å². The SMILES string of the molecule is CS(=O)(=O)N1CCc2c(cccc2N2CCNCC2)C1. The lowest BCUT2D eigenvalue weighted by atomic mass is 9.98.